The SMILES string of the molecule is CN1CCCN(c2cc(Cl)ccc2CBr)CC1. The molecule has 0 radical (unpaired) electrons. The van der Waals surface area contributed by atoms with Gasteiger partial charge in [0.05, 0.1) is 0 Å². The van der Waals surface area contributed by atoms with Crippen molar-refractivity contribution in [2.45, 2.75) is 11.8 Å². The van der Waals surface area contributed by atoms with E-state index in [0.29, 0.717) is 0 Å². The quantitative estimate of drug-likeness (QED) is 0.772. The molecule has 1 aliphatic rings. The Balaban J connectivity index is 2.22. The molecule has 1 aromatic carbocycles. The molecule has 4 heteroatoms. The van der Waals surface area contributed by atoms with Crippen LogP contribution in [0.3, 0.4) is 0 Å². The average Bonchev–Trinajstić information content (AvgIpc) is 2.54. The van der Waals surface area contributed by atoms with Gasteiger partial charge in [-0.2, -0.15) is 0 Å². The Morgan fingerprint density at radius 1 is 1.24 bits per heavy atom. The Morgan fingerprint density at radius 2 is 2.06 bits per heavy atom. The highest BCUT2D eigenvalue weighted by atomic mass is 79.9. The van der Waals surface area contributed by atoms with Crippen LogP contribution in [-0.2, 0) is 5.33 Å². The van der Waals surface area contributed by atoms with Gasteiger partial charge in [0, 0.05) is 35.7 Å². The fourth-order valence-corrected chi connectivity index (χ4v) is 2.87. The normalized spacial score (nSPS) is 18.2. The summed E-state index contributed by atoms with van der Waals surface area (Å²) in [4.78, 5) is 4.84. The van der Waals surface area contributed by atoms with E-state index in [2.05, 4.69) is 44.9 Å². The zero-order chi connectivity index (χ0) is 12.3. The molecule has 0 atom stereocenters. The lowest BCUT2D eigenvalue weighted by Crippen LogP contribution is -2.29. The third kappa shape index (κ3) is 3.36. The Morgan fingerprint density at radius 3 is 2.82 bits per heavy atom. The van der Waals surface area contributed by atoms with Gasteiger partial charge in [0.25, 0.3) is 0 Å². The number of hydrogen-bond acceptors (Lipinski definition) is 2. The van der Waals surface area contributed by atoms with Crippen molar-refractivity contribution < 1.29 is 0 Å². The average molecular weight is 318 g/mol. The summed E-state index contributed by atoms with van der Waals surface area (Å²) in [7, 11) is 2.19. The summed E-state index contributed by atoms with van der Waals surface area (Å²) in [5.41, 5.74) is 2.60. The van der Waals surface area contributed by atoms with Gasteiger partial charge in [-0.15, -0.1) is 0 Å². The highest BCUT2D eigenvalue weighted by Gasteiger charge is 2.15. The van der Waals surface area contributed by atoms with E-state index in [1.165, 1.54) is 24.2 Å². The molecular formula is C13H18BrClN2. The predicted molar refractivity (Wildman–Crippen MR) is 78.4 cm³/mol. The molecule has 0 amide bonds. The second kappa shape index (κ2) is 6.07. The van der Waals surface area contributed by atoms with E-state index in [1.54, 1.807) is 0 Å². The summed E-state index contributed by atoms with van der Waals surface area (Å²) >= 11 is 9.66. The molecule has 0 unspecified atom stereocenters. The fourth-order valence-electron chi connectivity index (χ4n) is 2.23. The van der Waals surface area contributed by atoms with Crippen LogP contribution < -0.4 is 4.90 Å². The minimum atomic E-state index is 0.822. The van der Waals surface area contributed by atoms with Crippen LogP contribution in [0.25, 0.3) is 0 Å². The summed E-state index contributed by atoms with van der Waals surface area (Å²) in [6.07, 6.45) is 1.21. The Kier molecular flexibility index (Phi) is 4.71. The smallest absolute Gasteiger partial charge is 0.0426 e. The van der Waals surface area contributed by atoms with E-state index in [-0.39, 0.29) is 0 Å². The first-order chi connectivity index (χ1) is 8.20. The fraction of sp³-hybridized carbons (Fsp3) is 0.538. The van der Waals surface area contributed by atoms with Gasteiger partial charge in [-0.1, -0.05) is 33.6 Å². The Hall–Kier alpha value is -0.250. The van der Waals surface area contributed by atoms with Gasteiger partial charge in [0.15, 0.2) is 0 Å². The van der Waals surface area contributed by atoms with E-state index < -0.39 is 0 Å². The molecule has 0 N–H and O–H groups in total. The van der Waals surface area contributed by atoms with Gasteiger partial charge in [-0.05, 0) is 37.7 Å². The summed E-state index contributed by atoms with van der Waals surface area (Å²) in [5.74, 6) is 0. The van der Waals surface area contributed by atoms with E-state index in [9.17, 15) is 0 Å². The molecule has 1 fully saturated rings. The lowest BCUT2D eigenvalue weighted by Gasteiger charge is -2.25. The number of likely N-dealkylation sites (N-methyl/N-ethyl adjacent to an activating group) is 1. The minimum absolute atomic E-state index is 0.822. The molecule has 1 aromatic rings. The molecule has 0 saturated carbocycles. The van der Waals surface area contributed by atoms with Gasteiger partial charge in [0.2, 0.25) is 0 Å². The van der Waals surface area contributed by atoms with E-state index in [0.717, 1.165) is 30.0 Å². The van der Waals surface area contributed by atoms with Crippen LogP contribution in [0.1, 0.15) is 12.0 Å². The van der Waals surface area contributed by atoms with E-state index in [4.69, 9.17) is 11.6 Å². The van der Waals surface area contributed by atoms with Crippen LogP contribution in [0.4, 0.5) is 5.69 Å². The first-order valence-corrected chi connectivity index (χ1v) is 7.48. The summed E-state index contributed by atoms with van der Waals surface area (Å²) in [5, 5.41) is 1.70. The third-order valence-corrected chi connectivity index (χ3v) is 4.09. The molecule has 0 bridgehead atoms. The van der Waals surface area contributed by atoms with Crippen LogP contribution in [0.5, 0.6) is 0 Å². The van der Waals surface area contributed by atoms with E-state index >= 15 is 0 Å². The molecule has 0 aliphatic carbocycles. The number of alkyl halides is 1. The lowest BCUT2D eigenvalue weighted by molar-refractivity contribution is 0.360. The number of anilines is 1. The maximum absolute atomic E-state index is 6.11. The van der Waals surface area contributed by atoms with E-state index in [1.807, 2.05) is 6.07 Å². The zero-order valence-corrected chi connectivity index (χ0v) is 12.5. The van der Waals surface area contributed by atoms with Crippen molar-refractivity contribution in [3.63, 3.8) is 0 Å². The number of nitrogens with zero attached hydrogens (tertiary/aromatic N) is 2. The van der Waals surface area contributed by atoms with Crippen molar-refractivity contribution in [1.29, 1.82) is 0 Å². The highest BCUT2D eigenvalue weighted by molar-refractivity contribution is 9.08. The monoisotopic (exact) mass is 316 g/mol. The Labute approximate surface area is 117 Å². The highest BCUT2D eigenvalue weighted by Crippen LogP contribution is 2.27. The molecule has 1 heterocycles. The van der Waals surface area contributed by atoms with Gasteiger partial charge in [-0.25, -0.2) is 0 Å². The number of benzene rings is 1. The van der Waals surface area contributed by atoms with Gasteiger partial charge >= 0.3 is 0 Å². The predicted octanol–water partition coefficient (Wildman–Crippen LogP) is 3.38. The maximum atomic E-state index is 6.11. The standard InChI is InChI=1S/C13H18BrClN2/c1-16-5-2-6-17(8-7-16)13-9-12(15)4-3-11(13)10-14/h3-4,9H,2,5-8,10H2,1H3. The van der Waals surface area contributed by atoms with Crippen molar-refractivity contribution in [2.24, 2.45) is 0 Å². The van der Waals surface area contributed by atoms with Gasteiger partial charge in [-0.3, -0.25) is 0 Å². The van der Waals surface area contributed by atoms with Crippen molar-refractivity contribution in [3.8, 4) is 0 Å². The third-order valence-electron chi connectivity index (χ3n) is 3.25. The molecule has 0 aromatic heterocycles. The number of hydrogen-bond donors (Lipinski definition) is 0. The second-order valence-electron chi connectivity index (χ2n) is 4.55. The molecule has 0 spiro atoms. The van der Waals surface area contributed by atoms with Crippen molar-refractivity contribution >= 4 is 33.2 Å². The molecule has 1 saturated heterocycles. The first kappa shape index (κ1) is 13.2. The first-order valence-electron chi connectivity index (χ1n) is 5.98. The van der Waals surface area contributed by atoms with Crippen molar-refractivity contribution in [1.82, 2.24) is 4.90 Å². The topological polar surface area (TPSA) is 6.48 Å². The molecule has 2 rings (SSSR count). The van der Waals surface area contributed by atoms with Gasteiger partial charge in [0.1, 0.15) is 0 Å². The van der Waals surface area contributed by atoms with Crippen LogP contribution >= 0.6 is 27.5 Å². The summed E-state index contributed by atoms with van der Waals surface area (Å²) in [6.45, 7) is 4.50. The zero-order valence-electron chi connectivity index (χ0n) is 10.1. The van der Waals surface area contributed by atoms with Crippen molar-refractivity contribution in [3.05, 3.63) is 28.8 Å². The van der Waals surface area contributed by atoms with Crippen LogP contribution in [0.2, 0.25) is 5.02 Å². The second-order valence-corrected chi connectivity index (χ2v) is 5.55. The Bertz CT molecular complexity index is 384. The molecule has 94 valence electrons. The lowest BCUT2D eigenvalue weighted by atomic mass is 10.1. The summed E-state index contributed by atoms with van der Waals surface area (Å²) in [6, 6.07) is 6.16. The molecule has 1 aliphatic heterocycles. The molecular weight excluding hydrogens is 300 g/mol. The van der Waals surface area contributed by atoms with Crippen LogP contribution in [0.15, 0.2) is 18.2 Å². The maximum Gasteiger partial charge on any atom is 0.0426 e. The number of rotatable bonds is 2. The molecule has 17 heavy (non-hydrogen) atoms. The minimum Gasteiger partial charge on any atom is -0.370 e. The number of halogens is 2. The molecule has 2 nitrogen and oxygen atoms in total. The summed E-state index contributed by atoms with van der Waals surface area (Å²) < 4.78 is 0. The van der Waals surface area contributed by atoms with Crippen molar-refractivity contribution in [2.75, 3.05) is 38.1 Å². The van der Waals surface area contributed by atoms with Crippen LogP contribution in [0, 0.1) is 0 Å². The van der Waals surface area contributed by atoms with Crippen LogP contribution in [-0.4, -0.2) is 38.1 Å². The largest absolute Gasteiger partial charge is 0.370 e. The van der Waals surface area contributed by atoms with Gasteiger partial charge < -0.3 is 9.80 Å².